The van der Waals surface area contributed by atoms with Gasteiger partial charge in [-0.2, -0.15) is 13.2 Å². The van der Waals surface area contributed by atoms with Crippen molar-refractivity contribution in [3.8, 4) is 0 Å². The number of hydrogen-bond donors (Lipinski definition) is 2. The highest BCUT2D eigenvalue weighted by molar-refractivity contribution is 6.06. The number of rotatable bonds is 4. The average Bonchev–Trinajstić information content (AvgIpc) is 2.68. The van der Waals surface area contributed by atoms with Gasteiger partial charge in [-0.05, 0) is 67.9 Å². The van der Waals surface area contributed by atoms with Crippen molar-refractivity contribution in [1.29, 1.82) is 0 Å². The molecule has 0 aliphatic heterocycles. The summed E-state index contributed by atoms with van der Waals surface area (Å²) in [7, 11) is 0. The first-order valence-corrected chi connectivity index (χ1v) is 9.21. The third kappa shape index (κ3) is 5.28. The summed E-state index contributed by atoms with van der Waals surface area (Å²) in [5.74, 6) is -1.91. The van der Waals surface area contributed by atoms with E-state index in [-0.39, 0.29) is 16.8 Å². The van der Waals surface area contributed by atoms with Crippen molar-refractivity contribution in [1.82, 2.24) is 0 Å². The van der Waals surface area contributed by atoms with Gasteiger partial charge < -0.3 is 10.6 Å². The molecule has 0 fully saturated rings. The minimum Gasteiger partial charge on any atom is -0.322 e. The van der Waals surface area contributed by atoms with Crippen LogP contribution in [0.4, 0.5) is 28.9 Å². The van der Waals surface area contributed by atoms with Crippen molar-refractivity contribution in [3.63, 3.8) is 0 Å². The molecule has 0 bridgehead atoms. The summed E-state index contributed by atoms with van der Waals surface area (Å²) < 4.78 is 53.8. The lowest BCUT2D eigenvalue weighted by Gasteiger charge is -2.16. The topological polar surface area (TPSA) is 58.2 Å². The molecular weight excluding hydrogens is 412 g/mol. The quantitative estimate of drug-likeness (QED) is 0.502. The van der Waals surface area contributed by atoms with Crippen LogP contribution < -0.4 is 10.6 Å². The zero-order valence-corrected chi connectivity index (χ0v) is 16.6. The highest BCUT2D eigenvalue weighted by atomic mass is 19.4. The smallest absolute Gasteiger partial charge is 0.322 e. The number of hydrogen-bond acceptors (Lipinski definition) is 2. The number of benzene rings is 3. The van der Waals surface area contributed by atoms with Gasteiger partial charge >= 0.3 is 6.18 Å². The maximum atomic E-state index is 13.6. The van der Waals surface area contributed by atoms with Crippen LogP contribution >= 0.6 is 0 Å². The number of aryl methyl sites for hydroxylation is 2. The number of carbonyl (C=O) groups is 2. The Morgan fingerprint density at radius 2 is 1.48 bits per heavy atom. The molecule has 0 spiro atoms. The Morgan fingerprint density at radius 3 is 2.10 bits per heavy atom. The number of nitrogens with one attached hydrogen (secondary N) is 2. The molecule has 0 saturated heterocycles. The van der Waals surface area contributed by atoms with Crippen LogP contribution in [0.2, 0.25) is 0 Å². The van der Waals surface area contributed by atoms with Gasteiger partial charge in [0.05, 0.1) is 11.3 Å². The number of alkyl halides is 3. The van der Waals surface area contributed by atoms with Gasteiger partial charge in [-0.15, -0.1) is 0 Å². The number of amides is 2. The first-order chi connectivity index (χ1) is 14.5. The first-order valence-electron chi connectivity index (χ1n) is 9.21. The zero-order chi connectivity index (χ0) is 22.8. The summed E-state index contributed by atoms with van der Waals surface area (Å²) >= 11 is 0. The van der Waals surface area contributed by atoms with Crippen molar-refractivity contribution >= 4 is 23.2 Å². The lowest BCUT2D eigenvalue weighted by atomic mass is 10.0. The molecule has 0 aromatic heterocycles. The second kappa shape index (κ2) is 8.59. The Balaban J connectivity index is 1.87. The van der Waals surface area contributed by atoms with Crippen molar-refractivity contribution in [2.75, 3.05) is 10.6 Å². The summed E-state index contributed by atoms with van der Waals surface area (Å²) in [4.78, 5) is 24.7. The van der Waals surface area contributed by atoms with Gasteiger partial charge in [0.15, 0.2) is 0 Å². The van der Waals surface area contributed by atoms with Crippen molar-refractivity contribution < 1.29 is 27.2 Å². The van der Waals surface area contributed by atoms with E-state index >= 15 is 0 Å². The van der Waals surface area contributed by atoms with E-state index in [1.807, 2.05) is 6.92 Å². The molecule has 0 aliphatic carbocycles. The van der Waals surface area contributed by atoms with Crippen LogP contribution in [0, 0.1) is 19.7 Å². The Bertz CT molecular complexity index is 1140. The average molecular weight is 430 g/mol. The summed E-state index contributed by atoms with van der Waals surface area (Å²) in [6.45, 7) is 3.54. The van der Waals surface area contributed by atoms with E-state index in [1.165, 1.54) is 18.2 Å². The standard InChI is InChI=1S/C23H18F4N2O2/c1-13-3-9-18(14(2)11-13)22(31)29-20-10-8-17(12-19(20)23(25,26)27)28-21(30)15-4-6-16(24)7-5-15/h3-12H,1-2H3,(H,28,30)(H,29,31). The largest absolute Gasteiger partial charge is 0.418 e. The lowest BCUT2D eigenvalue weighted by molar-refractivity contribution is -0.136. The monoisotopic (exact) mass is 430 g/mol. The third-order valence-electron chi connectivity index (χ3n) is 4.56. The normalized spacial score (nSPS) is 11.2. The summed E-state index contributed by atoms with van der Waals surface area (Å²) in [5.41, 5.74) is 0.237. The van der Waals surface area contributed by atoms with Gasteiger partial charge in [0.25, 0.3) is 11.8 Å². The molecule has 3 aromatic carbocycles. The summed E-state index contributed by atoms with van der Waals surface area (Å²) in [5, 5.41) is 4.64. The Morgan fingerprint density at radius 1 is 0.806 bits per heavy atom. The van der Waals surface area contributed by atoms with Crippen LogP contribution in [-0.4, -0.2) is 11.8 Å². The fourth-order valence-corrected chi connectivity index (χ4v) is 3.03. The van der Waals surface area contributed by atoms with Crippen LogP contribution in [0.25, 0.3) is 0 Å². The predicted molar refractivity (Wildman–Crippen MR) is 110 cm³/mol. The molecule has 0 unspecified atom stereocenters. The number of anilines is 2. The Kier molecular flexibility index (Phi) is 6.10. The second-order valence-electron chi connectivity index (χ2n) is 6.99. The lowest BCUT2D eigenvalue weighted by Crippen LogP contribution is -2.18. The first kappa shape index (κ1) is 22.0. The Hall–Kier alpha value is -3.68. The molecular formula is C23H18F4N2O2. The van der Waals surface area contributed by atoms with Gasteiger partial charge in [0.1, 0.15) is 5.82 Å². The SMILES string of the molecule is Cc1ccc(C(=O)Nc2ccc(NC(=O)c3ccc(F)cc3)cc2C(F)(F)F)c(C)c1. The Labute approximate surface area is 175 Å². The predicted octanol–water partition coefficient (Wildman–Crippen LogP) is 5.97. The van der Waals surface area contributed by atoms with E-state index in [1.54, 1.807) is 25.1 Å². The molecule has 0 heterocycles. The van der Waals surface area contributed by atoms with E-state index < -0.39 is 35.1 Å². The molecule has 0 atom stereocenters. The van der Waals surface area contributed by atoms with E-state index in [9.17, 15) is 27.2 Å². The maximum absolute atomic E-state index is 13.6. The summed E-state index contributed by atoms with van der Waals surface area (Å²) in [6, 6.07) is 12.6. The highest BCUT2D eigenvalue weighted by Gasteiger charge is 2.34. The fourth-order valence-electron chi connectivity index (χ4n) is 3.03. The molecule has 0 radical (unpaired) electrons. The van der Waals surface area contributed by atoms with Crippen LogP contribution in [0.1, 0.15) is 37.4 Å². The highest BCUT2D eigenvalue weighted by Crippen LogP contribution is 2.37. The van der Waals surface area contributed by atoms with Crippen LogP contribution in [0.15, 0.2) is 60.7 Å². The maximum Gasteiger partial charge on any atom is 0.418 e. The third-order valence-corrected chi connectivity index (χ3v) is 4.56. The molecule has 3 aromatic rings. The van der Waals surface area contributed by atoms with Gasteiger partial charge in [-0.3, -0.25) is 9.59 Å². The van der Waals surface area contributed by atoms with Gasteiger partial charge in [0.2, 0.25) is 0 Å². The van der Waals surface area contributed by atoms with Gasteiger partial charge in [-0.1, -0.05) is 17.7 Å². The molecule has 31 heavy (non-hydrogen) atoms. The van der Waals surface area contributed by atoms with Crippen molar-refractivity contribution in [2.24, 2.45) is 0 Å². The van der Waals surface area contributed by atoms with Gasteiger partial charge in [-0.25, -0.2) is 4.39 Å². The minimum absolute atomic E-state index is 0.0854. The van der Waals surface area contributed by atoms with E-state index in [0.717, 1.165) is 29.8 Å². The van der Waals surface area contributed by atoms with E-state index in [2.05, 4.69) is 10.6 Å². The molecule has 2 amide bonds. The minimum atomic E-state index is -4.78. The zero-order valence-electron chi connectivity index (χ0n) is 16.6. The van der Waals surface area contributed by atoms with Crippen LogP contribution in [0.3, 0.4) is 0 Å². The molecule has 3 rings (SSSR count). The molecule has 8 heteroatoms. The number of carbonyl (C=O) groups excluding carboxylic acids is 2. The number of halogens is 4. The molecule has 2 N–H and O–H groups in total. The van der Waals surface area contributed by atoms with Gasteiger partial charge in [0, 0.05) is 16.8 Å². The molecule has 160 valence electrons. The molecule has 0 aliphatic rings. The van der Waals surface area contributed by atoms with Crippen LogP contribution in [-0.2, 0) is 6.18 Å². The summed E-state index contributed by atoms with van der Waals surface area (Å²) in [6.07, 6.45) is -4.78. The fraction of sp³-hybridized carbons (Fsp3) is 0.130. The molecule has 0 saturated carbocycles. The van der Waals surface area contributed by atoms with Crippen molar-refractivity contribution in [2.45, 2.75) is 20.0 Å². The van der Waals surface area contributed by atoms with E-state index in [0.29, 0.717) is 5.56 Å². The molecule has 4 nitrogen and oxygen atoms in total. The second-order valence-corrected chi connectivity index (χ2v) is 6.99. The van der Waals surface area contributed by atoms with Crippen LogP contribution in [0.5, 0.6) is 0 Å². The van der Waals surface area contributed by atoms with Crippen molar-refractivity contribution in [3.05, 3.63) is 94.3 Å². The van der Waals surface area contributed by atoms with E-state index in [4.69, 9.17) is 0 Å².